The first kappa shape index (κ1) is 24.9. The quantitative estimate of drug-likeness (QED) is 0.388. The summed E-state index contributed by atoms with van der Waals surface area (Å²) in [7, 11) is 1.75. The number of hydrogen-bond acceptors (Lipinski definition) is 4. The van der Waals surface area contributed by atoms with Crippen molar-refractivity contribution >= 4 is 5.91 Å². The molecule has 4 aliphatic heterocycles. The molecule has 5 nitrogen and oxygen atoms in total. The Labute approximate surface area is 232 Å². The minimum absolute atomic E-state index is 0.149. The number of hydrogen-bond donors (Lipinski definition) is 0. The number of carbonyl (C=O) groups excluding carboxylic acids is 1. The van der Waals surface area contributed by atoms with E-state index >= 15 is 0 Å². The molecule has 3 aromatic carbocycles. The van der Waals surface area contributed by atoms with Gasteiger partial charge >= 0.3 is 0 Å². The molecular weight excluding hydrogens is 482 g/mol. The average Bonchev–Trinajstić information content (AvgIpc) is 3.70. The first-order chi connectivity index (χ1) is 19.2. The van der Waals surface area contributed by atoms with Gasteiger partial charge in [-0.3, -0.25) is 14.6 Å². The van der Waals surface area contributed by atoms with Crippen LogP contribution in [-0.2, 0) is 6.54 Å². The van der Waals surface area contributed by atoms with Crippen LogP contribution in [-0.4, -0.2) is 65.0 Å². The highest BCUT2D eigenvalue weighted by Crippen LogP contribution is 2.51. The summed E-state index contributed by atoms with van der Waals surface area (Å²) >= 11 is 0. The maximum atomic E-state index is 13.1. The van der Waals surface area contributed by atoms with Crippen molar-refractivity contribution < 1.29 is 9.53 Å². The van der Waals surface area contributed by atoms with Crippen LogP contribution >= 0.6 is 0 Å². The first-order valence-electron chi connectivity index (χ1n) is 14.8. The highest BCUT2D eigenvalue weighted by Gasteiger charge is 2.56. The zero-order valence-corrected chi connectivity index (χ0v) is 22.9. The molecule has 202 valence electrons. The van der Waals surface area contributed by atoms with Crippen LogP contribution in [0.2, 0.25) is 0 Å². The van der Waals surface area contributed by atoms with E-state index in [1.807, 2.05) is 11.0 Å². The van der Waals surface area contributed by atoms with Gasteiger partial charge in [0.25, 0.3) is 5.91 Å². The molecular formula is C34H39N3O2. The second-order valence-corrected chi connectivity index (χ2v) is 11.8. The van der Waals surface area contributed by atoms with E-state index in [9.17, 15) is 4.79 Å². The second-order valence-electron chi connectivity index (χ2n) is 11.8. The van der Waals surface area contributed by atoms with Crippen LogP contribution in [0.15, 0.2) is 78.9 Å². The van der Waals surface area contributed by atoms with E-state index in [0.717, 1.165) is 43.8 Å². The molecule has 0 aromatic heterocycles. The van der Waals surface area contributed by atoms with Crippen LogP contribution < -0.4 is 4.74 Å². The zero-order chi connectivity index (χ0) is 26.3. The van der Waals surface area contributed by atoms with Gasteiger partial charge in [-0.05, 0) is 79.5 Å². The van der Waals surface area contributed by atoms with Crippen molar-refractivity contribution in [3.8, 4) is 5.75 Å². The van der Waals surface area contributed by atoms with E-state index in [1.165, 1.54) is 42.4 Å². The average molecular weight is 522 g/mol. The molecule has 0 spiro atoms. The minimum Gasteiger partial charge on any atom is -0.497 e. The molecule has 39 heavy (non-hydrogen) atoms. The van der Waals surface area contributed by atoms with Gasteiger partial charge in [-0.25, -0.2) is 0 Å². The number of fused-ring (bicyclic) bond motifs is 6. The molecule has 0 aliphatic carbocycles. The fraction of sp³-hybridized carbons (Fsp3) is 0.441. The lowest BCUT2D eigenvalue weighted by Crippen LogP contribution is -2.60. The summed E-state index contributed by atoms with van der Waals surface area (Å²) in [5.41, 5.74) is 4.78. The number of ether oxygens (including phenoxy) is 1. The van der Waals surface area contributed by atoms with Gasteiger partial charge in [-0.1, -0.05) is 54.6 Å². The molecule has 0 N–H and O–H groups in total. The zero-order valence-electron chi connectivity index (χ0n) is 22.9. The molecule has 1 amide bonds. The summed E-state index contributed by atoms with van der Waals surface area (Å²) in [6.45, 7) is 2.81. The molecule has 7 rings (SSSR count). The monoisotopic (exact) mass is 521 g/mol. The Kier molecular flexibility index (Phi) is 6.65. The van der Waals surface area contributed by atoms with Crippen LogP contribution in [0.3, 0.4) is 0 Å². The summed E-state index contributed by atoms with van der Waals surface area (Å²) in [6.07, 6.45) is 7.30. The van der Waals surface area contributed by atoms with Gasteiger partial charge in [0.05, 0.1) is 13.2 Å². The molecule has 4 bridgehead atoms. The van der Waals surface area contributed by atoms with Crippen molar-refractivity contribution in [1.29, 1.82) is 0 Å². The van der Waals surface area contributed by atoms with Crippen LogP contribution in [0.4, 0.5) is 0 Å². The SMILES string of the molecule is COc1cccc(C(c2ccc(C(=O)N3CCCC3)cc2)N2C3CCC2C2CCC3N2Cc2ccccc2)c1. The Bertz CT molecular complexity index is 1280. The first-order valence-corrected chi connectivity index (χ1v) is 14.8. The Morgan fingerprint density at radius 3 is 2.13 bits per heavy atom. The van der Waals surface area contributed by atoms with Gasteiger partial charge in [-0.15, -0.1) is 0 Å². The number of amides is 1. The molecule has 4 aliphatic rings. The number of likely N-dealkylation sites (tertiary alicyclic amines) is 1. The Morgan fingerprint density at radius 1 is 0.795 bits per heavy atom. The maximum Gasteiger partial charge on any atom is 0.253 e. The predicted molar refractivity (Wildman–Crippen MR) is 154 cm³/mol. The largest absolute Gasteiger partial charge is 0.497 e. The van der Waals surface area contributed by atoms with E-state index in [1.54, 1.807) is 7.11 Å². The summed E-state index contributed by atoms with van der Waals surface area (Å²) in [5.74, 6) is 1.07. The summed E-state index contributed by atoms with van der Waals surface area (Å²) in [5, 5.41) is 0. The molecule has 3 aromatic rings. The lowest BCUT2D eigenvalue weighted by molar-refractivity contribution is -0.0140. The van der Waals surface area contributed by atoms with Crippen molar-refractivity contribution in [2.45, 2.75) is 75.3 Å². The van der Waals surface area contributed by atoms with E-state index in [2.05, 4.69) is 82.6 Å². The molecule has 4 saturated heterocycles. The lowest BCUT2D eigenvalue weighted by Gasteiger charge is -2.50. The summed E-state index contributed by atoms with van der Waals surface area (Å²) < 4.78 is 5.67. The summed E-state index contributed by atoms with van der Waals surface area (Å²) in [6, 6.07) is 30.5. The molecule has 4 heterocycles. The van der Waals surface area contributed by atoms with Gasteiger partial charge in [0.2, 0.25) is 0 Å². The smallest absolute Gasteiger partial charge is 0.253 e. The highest BCUT2D eigenvalue weighted by atomic mass is 16.5. The predicted octanol–water partition coefficient (Wildman–Crippen LogP) is 5.90. The Balaban J connectivity index is 1.23. The maximum absolute atomic E-state index is 13.1. The number of piperazine rings is 1. The van der Waals surface area contributed by atoms with Crippen molar-refractivity contribution in [1.82, 2.24) is 14.7 Å². The number of benzene rings is 3. The third-order valence-electron chi connectivity index (χ3n) is 9.80. The van der Waals surface area contributed by atoms with Crippen LogP contribution in [0, 0.1) is 0 Å². The van der Waals surface area contributed by atoms with Crippen molar-refractivity contribution in [2.24, 2.45) is 0 Å². The van der Waals surface area contributed by atoms with E-state index < -0.39 is 0 Å². The van der Waals surface area contributed by atoms with Crippen LogP contribution in [0.25, 0.3) is 0 Å². The molecule has 0 saturated carbocycles. The van der Waals surface area contributed by atoms with E-state index in [4.69, 9.17) is 4.74 Å². The minimum atomic E-state index is 0.149. The van der Waals surface area contributed by atoms with Gasteiger partial charge < -0.3 is 9.64 Å². The van der Waals surface area contributed by atoms with Gasteiger partial charge in [-0.2, -0.15) is 0 Å². The van der Waals surface area contributed by atoms with Crippen LogP contribution in [0.5, 0.6) is 5.75 Å². The summed E-state index contributed by atoms with van der Waals surface area (Å²) in [4.78, 5) is 20.8. The lowest BCUT2D eigenvalue weighted by atomic mass is 9.91. The second kappa shape index (κ2) is 10.4. The van der Waals surface area contributed by atoms with Crippen molar-refractivity contribution in [2.75, 3.05) is 20.2 Å². The number of carbonyl (C=O) groups is 1. The normalized spacial score (nSPS) is 27.2. The fourth-order valence-electron chi connectivity index (χ4n) is 8.08. The third-order valence-corrected chi connectivity index (χ3v) is 9.80. The van der Waals surface area contributed by atoms with E-state index in [-0.39, 0.29) is 11.9 Å². The molecule has 5 unspecified atom stereocenters. The number of nitrogens with zero attached hydrogens (tertiary/aromatic N) is 3. The molecule has 4 fully saturated rings. The third kappa shape index (κ3) is 4.46. The topological polar surface area (TPSA) is 36.0 Å². The number of rotatable bonds is 7. The Morgan fingerprint density at radius 2 is 1.46 bits per heavy atom. The molecule has 5 atom stereocenters. The Hall–Kier alpha value is -3.15. The fourth-order valence-corrected chi connectivity index (χ4v) is 8.08. The van der Waals surface area contributed by atoms with Gasteiger partial charge in [0.1, 0.15) is 5.75 Å². The standard InChI is InChI=1S/C34H39N3O2/c1-39-28-11-7-10-27(22-28)33(25-12-14-26(15-13-25)34(38)35-20-5-6-21-35)37-31-18-19-32(37)30-17-16-29(31)36(30)23-24-8-3-2-4-9-24/h2-4,7-15,22,29-33H,5-6,16-21,23H2,1H3. The van der Waals surface area contributed by atoms with Crippen molar-refractivity contribution in [3.05, 3.63) is 101 Å². The van der Waals surface area contributed by atoms with Gasteiger partial charge in [0, 0.05) is 49.4 Å². The highest BCUT2D eigenvalue weighted by molar-refractivity contribution is 5.94. The van der Waals surface area contributed by atoms with Crippen molar-refractivity contribution in [3.63, 3.8) is 0 Å². The molecule has 0 radical (unpaired) electrons. The van der Waals surface area contributed by atoms with Crippen LogP contribution in [0.1, 0.15) is 71.6 Å². The number of methoxy groups -OCH3 is 1. The van der Waals surface area contributed by atoms with E-state index in [0.29, 0.717) is 24.2 Å². The molecule has 5 heteroatoms. The van der Waals surface area contributed by atoms with Gasteiger partial charge in [0.15, 0.2) is 0 Å².